The number of aliphatic carboxylic acids is 1. The van der Waals surface area contributed by atoms with Crippen molar-refractivity contribution in [2.75, 3.05) is 5.32 Å². The molecule has 0 saturated heterocycles. The van der Waals surface area contributed by atoms with E-state index in [-0.39, 0.29) is 5.91 Å². The van der Waals surface area contributed by atoms with Gasteiger partial charge < -0.3 is 10.4 Å². The molecule has 2 rings (SSSR count). The van der Waals surface area contributed by atoms with Gasteiger partial charge in [0.2, 0.25) is 5.91 Å². The summed E-state index contributed by atoms with van der Waals surface area (Å²) < 4.78 is 0. The van der Waals surface area contributed by atoms with E-state index in [4.69, 9.17) is 23.2 Å². The number of carbonyl (C=O) groups excluding carboxylic acids is 1. The molecule has 2 N–H and O–H groups in total. The Balaban J connectivity index is 2.16. The Kier molecular flexibility index (Phi) is 4.91. The highest BCUT2D eigenvalue weighted by Gasteiger charge is 2.35. The number of amides is 1. The predicted molar refractivity (Wildman–Crippen MR) is 82.7 cm³/mol. The number of benzene rings is 1. The van der Waals surface area contributed by atoms with Gasteiger partial charge in [0, 0.05) is 5.69 Å². The molecule has 112 valence electrons. The van der Waals surface area contributed by atoms with Gasteiger partial charge in [-0.15, -0.1) is 0 Å². The normalized spacial score (nSPS) is 21.6. The fourth-order valence-electron chi connectivity index (χ4n) is 2.42. The summed E-state index contributed by atoms with van der Waals surface area (Å²) in [5.41, 5.74) is 1.53. The Labute approximate surface area is 132 Å². The third-order valence-electron chi connectivity index (χ3n) is 3.59. The molecule has 1 aromatic rings. The van der Waals surface area contributed by atoms with Crippen molar-refractivity contribution in [3.63, 3.8) is 0 Å². The van der Waals surface area contributed by atoms with Gasteiger partial charge >= 0.3 is 5.97 Å². The molecule has 0 fully saturated rings. The Morgan fingerprint density at radius 2 is 1.95 bits per heavy atom. The van der Waals surface area contributed by atoms with Crippen LogP contribution in [0.3, 0.4) is 0 Å². The van der Waals surface area contributed by atoms with Crippen molar-refractivity contribution < 1.29 is 14.7 Å². The fourth-order valence-corrected chi connectivity index (χ4v) is 2.72. The maximum absolute atomic E-state index is 12.3. The average Bonchev–Trinajstić information content (AvgIpc) is 2.42. The third kappa shape index (κ3) is 3.77. The van der Waals surface area contributed by atoms with Crippen LogP contribution in [0.5, 0.6) is 0 Å². The van der Waals surface area contributed by atoms with Gasteiger partial charge in [0.25, 0.3) is 0 Å². The van der Waals surface area contributed by atoms with Gasteiger partial charge in [-0.1, -0.05) is 34.9 Å². The van der Waals surface area contributed by atoms with Gasteiger partial charge in [0.1, 0.15) is 0 Å². The molecule has 0 aliphatic heterocycles. The average molecular weight is 328 g/mol. The molecule has 1 aliphatic rings. The molecule has 0 spiro atoms. The van der Waals surface area contributed by atoms with E-state index in [0.29, 0.717) is 28.6 Å². The zero-order chi connectivity index (χ0) is 15.6. The molecular formula is C15H15Cl2NO3. The van der Waals surface area contributed by atoms with Gasteiger partial charge in [0.15, 0.2) is 0 Å². The summed E-state index contributed by atoms with van der Waals surface area (Å²) in [6, 6.07) is 4.76. The molecule has 1 aromatic carbocycles. The van der Waals surface area contributed by atoms with Crippen LogP contribution in [-0.4, -0.2) is 17.0 Å². The molecule has 0 radical (unpaired) electrons. The summed E-state index contributed by atoms with van der Waals surface area (Å²) in [5.74, 6) is -2.54. The lowest BCUT2D eigenvalue weighted by atomic mass is 9.79. The minimum atomic E-state index is -0.951. The summed E-state index contributed by atoms with van der Waals surface area (Å²) in [5, 5.41) is 12.7. The van der Waals surface area contributed by atoms with Crippen LogP contribution in [0, 0.1) is 11.8 Å². The monoisotopic (exact) mass is 327 g/mol. The van der Waals surface area contributed by atoms with Crippen LogP contribution in [0.4, 0.5) is 5.69 Å². The van der Waals surface area contributed by atoms with Gasteiger partial charge in [-0.3, -0.25) is 9.59 Å². The van der Waals surface area contributed by atoms with Crippen molar-refractivity contribution in [2.24, 2.45) is 11.8 Å². The highest BCUT2D eigenvalue weighted by Crippen LogP contribution is 2.31. The van der Waals surface area contributed by atoms with Crippen LogP contribution in [-0.2, 0) is 9.59 Å². The van der Waals surface area contributed by atoms with Crippen molar-refractivity contribution in [2.45, 2.75) is 19.8 Å². The Bertz CT molecular complexity index is 613. The van der Waals surface area contributed by atoms with Crippen LogP contribution in [0.15, 0.2) is 29.8 Å². The van der Waals surface area contributed by atoms with Gasteiger partial charge in [0.05, 0.1) is 21.9 Å². The number of carboxylic acids is 1. The van der Waals surface area contributed by atoms with Gasteiger partial charge in [-0.05, 0) is 38.0 Å². The first-order chi connectivity index (χ1) is 9.88. The summed E-state index contributed by atoms with van der Waals surface area (Å²) in [7, 11) is 0. The summed E-state index contributed by atoms with van der Waals surface area (Å²) >= 11 is 11.7. The lowest BCUT2D eigenvalue weighted by Crippen LogP contribution is -2.35. The van der Waals surface area contributed by atoms with E-state index >= 15 is 0 Å². The first-order valence-corrected chi connectivity index (χ1v) is 7.28. The molecular weight excluding hydrogens is 313 g/mol. The quantitative estimate of drug-likeness (QED) is 0.825. The lowest BCUT2D eigenvalue weighted by molar-refractivity contribution is -0.146. The maximum Gasteiger partial charge on any atom is 0.307 e. The Morgan fingerprint density at radius 3 is 2.57 bits per heavy atom. The van der Waals surface area contributed by atoms with Crippen LogP contribution in [0.25, 0.3) is 0 Å². The number of nitrogens with one attached hydrogen (secondary N) is 1. The number of anilines is 1. The van der Waals surface area contributed by atoms with Gasteiger partial charge in [-0.25, -0.2) is 0 Å². The fraction of sp³-hybridized carbons (Fsp3) is 0.333. The lowest BCUT2D eigenvalue weighted by Gasteiger charge is -2.26. The topological polar surface area (TPSA) is 66.4 Å². The number of rotatable bonds is 3. The standard InChI is InChI=1S/C15H15Cl2NO3/c1-8-2-4-10(15(20)21)11(6-8)14(19)18-9-3-5-12(16)13(17)7-9/h2-3,5,7,10-11H,4,6H2,1H3,(H,18,19)(H,20,21). The zero-order valence-corrected chi connectivity index (χ0v) is 12.9. The molecule has 6 heteroatoms. The van der Waals surface area contributed by atoms with E-state index in [9.17, 15) is 14.7 Å². The van der Waals surface area contributed by atoms with Crippen molar-refractivity contribution in [3.05, 3.63) is 39.9 Å². The number of carboxylic acid groups (broad SMARTS) is 1. The van der Waals surface area contributed by atoms with Crippen LogP contribution in [0.1, 0.15) is 19.8 Å². The number of hydrogen-bond acceptors (Lipinski definition) is 2. The highest BCUT2D eigenvalue weighted by atomic mass is 35.5. The first kappa shape index (κ1) is 15.9. The summed E-state index contributed by atoms with van der Waals surface area (Å²) in [6.45, 7) is 1.90. The molecule has 2 unspecified atom stereocenters. The van der Waals surface area contributed by atoms with Gasteiger partial charge in [-0.2, -0.15) is 0 Å². The van der Waals surface area contributed by atoms with E-state index in [1.807, 2.05) is 13.0 Å². The van der Waals surface area contributed by atoms with E-state index < -0.39 is 17.8 Å². The summed E-state index contributed by atoms with van der Waals surface area (Å²) in [6.07, 6.45) is 2.70. The smallest absolute Gasteiger partial charge is 0.307 e. The van der Waals surface area contributed by atoms with Crippen LogP contribution in [0.2, 0.25) is 10.0 Å². The number of carbonyl (C=O) groups is 2. The van der Waals surface area contributed by atoms with Crippen molar-refractivity contribution in [1.82, 2.24) is 0 Å². The van der Waals surface area contributed by atoms with Crippen molar-refractivity contribution in [3.8, 4) is 0 Å². The Hall–Kier alpha value is -1.52. The van der Waals surface area contributed by atoms with Crippen LogP contribution < -0.4 is 5.32 Å². The van der Waals surface area contributed by atoms with E-state index in [1.54, 1.807) is 18.2 Å². The molecule has 1 amide bonds. The van der Waals surface area contributed by atoms with E-state index in [1.165, 1.54) is 0 Å². The van der Waals surface area contributed by atoms with Crippen molar-refractivity contribution >= 4 is 40.8 Å². The molecule has 0 heterocycles. The molecule has 21 heavy (non-hydrogen) atoms. The minimum absolute atomic E-state index is 0.312. The second-order valence-electron chi connectivity index (χ2n) is 5.16. The van der Waals surface area contributed by atoms with E-state index in [0.717, 1.165) is 5.57 Å². The second-order valence-corrected chi connectivity index (χ2v) is 5.97. The molecule has 4 nitrogen and oxygen atoms in total. The second kappa shape index (κ2) is 6.50. The predicted octanol–water partition coefficient (Wildman–Crippen LogP) is 3.99. The molecule has 0 bridgehead atoms. The summed E-state index contributed by atoms with van der Waals surface area (Å²) in [4.78, 5) is 23.6. The molecule has 0 aromatic heterocycles. The molecule has 1 aliphatic carbocycles. The number of halogens is 2. The maximum atomic E-state index is 12.3. The number of hydrogen-bond donors (Lipinski definition) is 2. The largest absolute Gasteiger partial charge is 0.481 e. The molecule has 2 atom stereocenters. The first-order valence-electron chi connectivity index (χ1n) is 6.53. The third-order valence-corrected chi connectivity index (χ3v) is 4.33. The van der Waals surface area contributed by atoms with Crippen molar-refractivity contribution in [1.29, 1.82) is 0 Å². The van der Waals surface area contributed by atoms with E-state index in [2.05, 4.69) is 5.32 Å². The molecule has 0 saturated carbocycles. The zero-order valence-electron chi connectivity index (χ0n) is 11.4. The minimum Gasteiger partial charge on any atom is -0.481 e. The highest BCUT2D eigenvalue weighted by molar-refractivity contribution is 6.42. The Morgan fingerprint density at radius 1 is 1.24 bits per heavy atom. The SMILES string of the molecule is CC1=CCC(C(=O)O)C(C(=O)Nc2ccc(Cl)c(Cl)c2)C1. The number of allylic oxidation sites excluding steroid dienone is 2. The van der Waals surface area contributed by atoms with Crippen LogP contribution >= 0.6 is 23.2 Å².